The molecule has 1 aromatic heterocycles. The van der Waals surface area contributed by atoms with Crippen LogP contribution in [0, 0.1) is 12.7 Å². The van der Waals surface area contributed by atoms with Crippen molar-refractivity contribution in [1.29, 1.82) is 0 Å². The first kappa shape index (κ1) is 13.7. The van der Waals surface area contributed by atoms with E-state index in [4.69, 9.17) is 4.42 Å². The summed E-state index contributed by atoms with van der Waals surface area (Å²) < 4.78 is 19.4. The second-order valence-corrected chi connectivity index (χ2v) is 5.62. The van der Waals surface area contributed by atoms with E-state index in [1.807, 2.05) is 49.4 Å². The third-order valence-electron chi connectivity index (χ3n) is 3.96. The molecule has 4 aromatic rings. The Morgan fingerprint density at radius 1 is 0.913 bits per heavy atom. The van der Waals surface area contributed by atoms with E-state index in [1.54, 1.807) is 0 Å². The smallest absolute Gasteiger partial charge is 0.201 e. The number of halogens is 1. The van der Waals surface area contributed by atoms with Crippen LogP contribution < -0.4 is 5.43 Å². The molecule has 0 radical (unpaired) electrons. The van der Waals surface area contributed by atoms with E-state index in [-0.39, 0.29) is 10.8 Å². The van der Waals surface area contributed by atoms with Gasteiger partial charge >= 0.3 is 0 Å². The fourth-order valence-electron chi connectivity index (χ4n) is 2.94. The molecule has 0 amide bonds. The van der Waals surface area contributed by atoms with Gasteiger partial charge in [0.25, 0.3) is 0 Å². The second-order valence-electron chi connectivity index (χ2n) is 5.62. The lowest BCUT2D eigenvalue weighted by Crippen LogP contribution is -2.04. The predicted octanol–water partition coefficient (Wildman–Crippen LogP) is 5.06. The molecule has 0 fully saturated rings. The van der Waals surface area contributed by atoms with Gasteiger partial charge in [0, 0.05) is 0 Å². The van der Waals surface area contributed by atoms with E-state index >= 15 is 0 Å². The van der Waals surface area contributed by atoms with Crippen molar-refractivity contribution in [3.8, 4) is 11.1 Å². The van der Waals surface area contributed by atoms with Crippen molar-refractivity contribution in [2.75, 3.05) is 0 Å². The Bertz CT molecular complexity index is 1100. The number of benzene rings is 3. The van der Waals surface area contributed by atoms with Crippen LogP contribution >= 0.6 is 0 Å². The van der Waals surface area contributed by atoms with Crippen molar-refractivity contribution >= 4 is 21.9 Å². The van der Waals surface area contributed by atoms with Crippen LogP contribution in [-0.4, -0.2) is 0 Å². The van der Waals surface area contributed by atoms with Gasteiger partial charge in [-0.05, 0) is 47.9 Å². The molecule has 0 saturated heterocycles. The highest BCUT2D eigenvalue weighted by molar-refractivity contribution is 5.99. The number of rotatable bonds is 1. The number of hydrogen-bond acceptors (Lipinski definition) is 2. The van der Waals surface area contributed by atoms with E-state index in [0.717, 1.165) is 16.7 Å². The summed E-state index contributed by atoms with van der Waals surface area (Å²) in [5, 5.41) is 0.749. The monoisotopic (exact) mass is 304 g/mol. The minimum atomic E-state index is -0.447. The Balaban J connectivity index is 2.21. The molecule has 0 saturated carbocycles. The second kappa shape index (κ2) is 5.06. The maximum Gasteiger partial charge on any atom is 0.201 e. The van der Waals surface area contributed by atoms with Gasteiger partial charge in [-0.2, -0.15) is 0 Å². The van der Waals surface area contributed by atoms with Crippen molar-refractivity contribution in [3.05, 3.63) is 82.3 Å². The summed E-state index contributed by atoms with van der Waals surface area (Å²) in [6.45, 7) is 1.96. The number of fused-ring (bicyclic) bond motifs is 2. The van der Waals surface area contributed by atoms with Crippen LogP contribution in [0.2, 0.25) is 0 Å². The summed E-state index contributed by atoms with van der Waals surface area (Å²) in [5.41, 5.74) is 3.45. The van der Waals surface area contributed by atoms with Gasteiger partial charge < -0.3 is 4.42 Å². The molecular formula is C20H13FO2. The van der Waals surface area contributed by atoms with Gasteiger partial charge in [-0.1, -0.05) is 36.4 Å². The molecule has 0 spiro atoms. The minimum Gasteiger partial charge on any atom is -0.456 e. The van der Waals surface area contributed by atoms with Gasteiger partial charge in [0.2, 0.25) is 5.43 Å². The molecule has 0 unspecified atom stereocenters. The zero-order valence-corrected chi connectivity index (χ0v) is 12.5. The van der Waals surface area contributed by atoms with Crippen LogP contribution in [0.4, 0.5) is 4.39 Å². The molecule has 0 atom stereocenters. The summed E-state index contributed by atoms with van der Waals surface area (Å²) in [7, 11) is 0. The van der Waals surface area contributed by atoms with E-state index in [2.05, 4.69) is 0 Å². The fraction of sp³-hybridized carbons (Fsp3) is 0.0500. The largest absolute Gasteiger partial charge is 0.456 e. The maximum atomic E-state index is 13.5. The summed E-state index contributed by atoms with van der Waals surface area (Å²) in [6, 6.07) is 17.5. The first-order chi connectivity index (χ1) is 11.1. The van der Waals surface area contributed by atoms with E-state index in [0.29, 0.717) is 16.6 Å². The summed E-state index contributed by atoms with van der Waals surface area (Å²) in [4.78, 5) is 12.9. The molecule has 0 aliphatic heterocycles. The van der Waals surface area contributed by atoms with Crippen LogP contribution in [0.1, 0.15) is 5.56 Å². The molecule has 0 bridgehead atoms. The maximum absolute atomic E-state index is 13.5. The van der Waals surface area contributed by atoms with E-state index in [1.165, 1.54) is 18.2 Å². The molecule has 1 heterocycles. The van der Waals surface area contributed by atoms with Crippen LogP contribution in [0.15, 0.2) is 69.9 Å². The van der Waals surface area contributed by atoms with Gasteiger partial charge in [-0.15, -0.1) is 0 Å². The first-order valence-electron chi connectivity index (χ1n) is 7.35. The molecule has 23 heavy (non-hydrogen) atoms. The van der Waals surface area contributed by atoms with Crippen LogP contribution in [0.5, 0.6) is 0 Å². The topological polar surface area (TPSA) is 30.2 Å². The highest BCUT2D eigenvalue weighted by atomic mass is 19.1. The average Bonchev–Trinajstić information content (AvgIpc) is 2.55. The average molecular weight is 304 g/mol. The lowest BCUT2D eigenvalue weighted by molar-refractivity contribution is 0.623. The lowest BCUT2D eigenvalue weighted by atomic mass is 9.97. The molecule has 3 aromatic carbocycles. The minimum absolute atomic E-state index is 0.209. The van der Waals surface area contributed by atoms with Crippen molar-refractivity contribution in [1.82, 2.24) is 0 Å². The molecule has 4 rings (SSSR count). The quantitative estimate of drug-likeness (QED) is 0.460. The van der Waals surface area contributed by atoms with Gasteiger partial charge in [-0.25, -0.2) is 4.39 Å². The predicted molar refractivity (Wildman–Crippen MR) is 90.1 cm³/mol. The van der Waals surface area contributed by atoms with Crippen LogP contribution in [0.3, 0.4) is 0 Å². The van der Waals surface area contributed by atoms with Crippen LogP contribution in [-0.2, 0) is 0 Å². The van der Waals surface area contributed by atoms with Crippen molar-refractivity contribution in [3.63, 3.8) is 0 Å². The summed E-state index contributed by atoms with van der Waals surface area (Å²) in [6.07, 6.45) is 0. The normalized spacial score (nSPS) is 11.2. The van der Waals surface area contributed by atoms with Crippen molar-refractivity contribution in [2.24, 2.45) is 0 Å². The SMILES string of the molecule is Cc1cc(-c2ccccc2)c2c(=O)c3cc(F)ccc3oc2c1. The Morgan fingerprint density at radius 2 is 1.70 bits per heavy atom. The lowest BCUT2D eigenvalue weighted by Gasteiger charge is -2.09. The zero-order valence-electron chi connectivity index (χ0n) is 12.5. The standard InChI is InChI=1S/C20H13FO2/c1-12-9-15(13-5-3-2-4-6-13)19-18(10-12)23-17-8-7-14(21)11-16(17)20(19)22/h2-11H,1H3. The molecule has 112 valence electrons. The Kier molecular flexibility index (Phi) is 3.01. The van der Waals surface area contributed by atoms with E-state index < -0.39 is 5.82 Å². The van der Waals surface area contributed by atoms with Gasteiger partial charge in [0.1, 0.15) is 17.0 Å². The third-order valence-corrected chi connectivity index (χ3v) is 3.96. The first-order valence-corrected chi connectivity index (χ1v) is 7.35. The highest BCUT2D eigenvalue weighted by Gasteiger charge is 2.14. The molecule has 2 nitrogen and oxygen atoms in total. The number of hydrogen-bond donors (Lipinski definition) is 0. The Labute approximate surface area is 131 Å². The summed E-state index contributed by atoms with van der Waals surface area (Å²) in [5.74, 6) is -0.447. The van der Waals surface area contributed by atoms with Gasteiger partial charge in [-0.3, -0.25) is 4.79 Å². The third kappa shape index (κ3) is 2.21. The molecule has 3 heteroatoms. The zero-order chi connectivity index (χ0) is 16.0. The molecule has 0 aliphatic rings. The highest BCUT2D eigenvalue weighted by Crippen LogP contribution is 2.30. The van der Waals surface area contributed by atoms with E-state index in [9.17, 15) is 9.18 Å². The summed E-state index contributed by atoms with van der Waals surface area (Å²) >= 11 is 0. The molecular weight excluding hydrogens is 291 g/mol. The van der Waals surface area contributed by atoms with Crippen molar-refractivity contribution in [2.45, 2.75) is 6.92 Å². The molecule has 0 N–H and O–H groups in total. The number of aryl methyl sites for hydroxylation is 1. The van der Waals surface area contributed by atoms with Crippen molar-refractivity contribution < 1.29 is 8.81 Å². The Morgan fingerprint density at radius 3 is 2.48 bits per heavy atom. The van der Waals surface area contributed by atoms with Crippen LogP contribution in [0.25, 0.3) is 33.1 Å². The van der Waals surface area contributed by atoms with Gasteiger partial charge in [0.05, 0.1) is 10.8 Å². The molecule has 0 aliphatic carbocycles. The van der Waals surface area contributed by atoms with Gasteiger partial charge in [0.15, 0.2) is 0 Å². The Hall–Kier alpha value is -2.94. The fourth-order valence-corrected chi connectivity index (χ4v) is 2.94.